The molecule has 1 saturated heterocycles. The van der Waals surface area contributed by atoms with Crippen LogP contribution in [0.25, 0.3) is 0 Å². The fraction of sp³-hybridized carbons (Fsp3) is 0.615. The zero-order valence-electron chi connectivity index (χ0n) is 10.7. The summed E-state index contributed by atoms with van der Waals surface area (Å²) < 4.78 is 7.28. The first kappa shape index (κ1) is 13.3. The Morgan fingerprint density at radius 2 is 2.22 bits per heavy atom. The Hall–Kier alpha value is -1.17. The van der Waals surface area contributed by atoms with E-state index >= 15 is 0 Å². The van der Waals surface area contributed by atoms with Gasteiger partial charge in [-0.05, 0) is 13.0 Å². The molecule has 2 atom stereocenters. The van der Waals surface area contributed by atoms with E-state index in [4.69, 9.17) is 9.84 Å². The minimum Gasteiger partial charge on any atom is -0.394 e. The fourth-order valence-corrected chi connectivity index (χ4v) is 2.32. The number of morpholine rings is 1. The molecule has 0 aliphatic carbocycles. The van der Waals surface area contributed by atoms with Gasteiger partial charge in [0.25, 0.3) is 5.56 Å². The molecule has 0 radical (unpaired) electrons. The van der Waals surface area contributed by atoms with Crippen molar-refractivity contribution in [1.82, 2.24) is 9.47 Å². The molecule has 1 N–H and O–H groups in total. The highest BCUT2D eigenvalue weighted by atomic mass is 16.5. The van der Waals surface area contributed by atoms with Crippen molar-refractivity contribution in [1.29, 1.82) is 0 Å². The predicted octanol–water partition coefficient (Wildman–Crippen LogP) is -0.0701. The standard InChI is InChI=1S/C13H20N2O3/c1-11-8-14(9-12(10-16)18-11)6-7-15-5-3-2-4-13(15)17/h2-5,11-12,16H,6-10H2,1H3. The molecule has 1 aromatic rings. The van der Waals surface area contributed by atoms with E-state index in [-0.39, 0.29) is 24.4 Å². The highest BCUT2D eigenvalue weighted by Crippen LogP contribution is 2.10. The average Bonchev–Trinajstić information content (AvgIpc) is 2.37. The molecule has 1 aromatic heterocycles. The third kappa shape index (κ3) is 3.41. The number of rotatable bonds is 4. The van der Waals surface area contributed by atoms with Crippen LogP contribution in [0.15, 0.2) is 29.2 Å². The Labute approximate surface area is 107 Å². The van der Waals surface area contributed by atoms with E-state index in [0.29, 0.717) is 6.54 Å². The molecule has 5 heteroatoms. The summed E-state index contributed by atoms with van der Waals surface area (Å²) in [6.45, 7) is 5.09. The molecule has 1 aliphatic heterocycles. The molecule has 2 unspecified atom stereocenters. The van der Waals surface area contributed by atoms with Crippen molar-refractivity contribution in [2.24, 2.45) is 0 Å². The molecule has 0 saturated carbocycles. The molecule has 1 aliphatic rings. The molecule has 18 heavy (non-hydrogen) atoms. The van der Waals surface area contributed by atoms with Gasteiger partial charge in [0.15, 0.2) is 0 Å². The first-order chi connectivity index (χ1) is 8.69. The second-order valence-corrected chi connectivity index (χ2v) is 4.74. The molecule has 0 bridgehead atoms. The molecule has 2 heterocycles. The Morgan fingerprint density at radius 3 is 2.94 bits per heavy atom. The highest BCUT2D eigenvalue weighted by molar-refractivity contribution is 4.93. The lowest BCUT2D eigenvalue weighted by atomic mass is 10.2. The largest absolute Gasteiger partial charge is 0.394 e. The van der Waals surface area contributed by atoms with Gasteiger partial charge in [-0.1, -0.05) is 6.07 Å². The molecular weight excluding hydrogens is 232 g/mol. The van der Waals surface area contributed by atoms with Gasteiger partial charge in [0.05, 0.1) is 18.8 Å². The van der Waals surface area contributed by atoms with Gasteiger partial charge >= 0.3 is 0 Å². The van der Waals surface area contributed by atoms with E-state index in [1.807, 2.05) is 13.0 Å². The number of pyridine rings is 1. The summed E-state index contributed by atoms with van der Waals surface area (Å²) in [6.07, 6.45) is 1.82. The maximum Gasteiger partial charge on any atom is 0.250 e. The number of hydrogen-bond acceptors (Lipinski definition) is 4. The molecule has 1 fully saturated rings. The quantitative estimate of drug-likeness (QED) is 0.815. The van der Waals surface area contributed by atoms with Crippen LogP contribution in [0, 0.1) is 0 Å². The average molecular weight is 252 g/mol. The van der Waals surface area contributed by atoms with Gasteiger partial charge in [-0.3, -0.25) is 9.69 Å². The van der Waals surface area contributed by atoms with Crippen LogP contribution >= 0.6 is 0 Å². The minimum atomic E-state index is -0.110. The van der Waals surface area contributed by atoms with Crippen molar-refractivity contribution >= 4 is 0 Å². The molecular formula is C13H20N2O3. The van der Waals surface area contributed by atoms with Crippen LogP contribution in [-0.2, 0) is 11.3 Å². The van der Waals surface area contributed by atoms with Crippen molar-refractivity contribution in [3.63, 3.8) is 0 Å². The zero-order chi connectivity index (χ0) is 13.0. The van der Waals surface area contributed by atoms with Crippen LogP contribution in [0.1, 0.15) is 6.92 Å². The summed E-state index contributed by atoms with van der Waals surface area (Å²) in [6, 6.07) is 5.18. The molecule has 100 valence electrons. The number of ether oxygens (including phenoxy) is 1. The third-order valence-electron chi connectivity index (χ3n) is 3.16. The molecule has 0 spiro atoms. The van der Waals surface area contributed by atoms with Crippen molar-refractivity contribution < 1.29 is 9.84 Å². The highest BCUT2D eigenvalue weighted by Gasteiger charge is 2.24. The summed E-state index contributed by atoms with van der Waals surface area (Å²) >= 11 is 0. The van der Waals surface area contributed by atoms with E-state index in [0.717, 1.165) is 19.6 Å². The summed E-state index contributed by atoms with van der Waals surface area (Å²) in [5.74, 6) is 0. The van der Waals surface area contributed by atoms with E-state index < -0.39 is 0 Å². The Bertz CT molecular complexity index is 432. The predicted molar refractivity (Wildman–Crippen MR) is 68.6 cm³/mol. The van der Waals surface area contributed by atoms with Gasteiger partial charge in [-0.15, -0.1) is 0 Å². The van der Waals surface area contributed by atoms with E-state index in [1.165, 1.54) is 0 Å². The Balaban J connectivity index is 1.90. The van der Waals surface area contributed by atoms with Gasteiger partial charge in [0.1, 0.15) is 0 Å². The number of nitrogens with zero attached hydrogens (tertiary/aromatic N) is 2. The van der Waals surface area contributed by atoms with Crippen molar-refractivity contribution in [3.05, 3.63) is 34.7 Å². The third-order valence-corrected chi connectivity index (χ3v) is 3.16. The van der Waals surface area contributed by atoms with Crippen molar-refractivity contribution in [2.45, 2.75) is 25.7 Å². The van der Waals surface area contributed by atoms with Crippen LogP contribution in [0.3, 0.4) is 0 Å². The molecule has 5 nitrogen and oxygen atoms in total. The SMILES string of the molecule is CC1CN(CCn2ccccc2=O)CC(CO)O1. The van der Waals surface area contributed by atoms with Crippen LogP contribution in [-0.4, -0.2) is 53.0 Å². The molecule has 2 rings (SSSR count). The summed E-state index contributed by atoms with van der Waals surface area (Å²) in [7, 11) is 0. The normalized spacial score (nSPS) is 25.2. The van der Waals surface area contributed by atoms with Gasteiger partial charge in [0.2, 0.25) is 0 Å². The molecule has 0 aromatic carbocycles. The first-order valence-corrected chi connectivity index (χ1v) is 6.33. The number of aromatic nitrogens is 1. The topological polar surface area (TPSA) is 54.7 Å². The van der Waals surface area contributed by atoms with E-state index in [9.17, 15) is 4.79 Å². The Morgan fingerprint density at radius 1 is 1.39 bits per heavy atom. The van der Waals surface area contributed by atoms with Crippen LogP contribution in [0.5, 0.6) is 0 Å². The minimum absolute atomic E-state index is 0.0255. The summed E-state index contributed by atoms with van der Waals surface area (Å²) in [5.41, 5.74) is 0.0255. The van der Waals surface area contributed by atoms with Gasteiger partial charge in [0, 0.05) is 38.4 Å². The van der Waals surface area contributed by atoms with Crippen LogP contribution in [0.4, 0.5) is 0 Å². The van der Waals surface area contributed by atoms with E-state index in [2.05, 4.69) is 4.90 Å². The maximum absolute atomic E-state index is 11.6. The first-order valence-electron chi connectivity index (χ1n) is 6.33. The van der Waals surface area contributed by atoms with Gasteiger partial charge in [-0.2, -0.15) is 0 Å². The molecule has 0 amide bonds. The van der Waals surface area contributed by atoms with Crippen molar-refractivity contribution in [3.8, 4) is 0 Å². The fourth-order valence-electron chi connectivity index (χ4n) is 2.32. The lowest BCUT2D eigenvalue weighted by molar-refractivity contribution is -0.0955. The number of hydrogen-bond donors (Lipinski definition) is 1. The smallest absolute Gasteiger partial charge is 0.250 e. The van der Waals surface area contributed by atoms with E-state index in [1.54, 1.807) is 22.9 Å². The lowest BCUT2D eigenvalue weighted by Crippen LogP contribution is -2.49. The Kier molecular flexibility index (Phi) is 4.52. The van der Waals surface area contributed by atoms with Gasteiger partial charge in [-0.25, -0.2) is 0 Å². The maximum atomic E-state index is 11.6. The van der Waals surface area contributed by atoms with Crippen LogP contribution in [0.2, 0.25) is 0 Å². The lowest BCUT2D eigenvalue weighted by Gasteiger charge is -2.36. The second kappa shape index (κ2) is 6.13. The van der Waals surface area contributed by atoms with Crippen molar-refractivity contribution in [2.75, 3.05) is 26.2 Å². The zero-order valence-corrected chi connectivity index (χ0v) is 10.7. The number of aliphatic hydroxyl groups is 1. The monoisotopic (exact) mass is 252 g/mol. The van der Waals surface area contributed by atoms with Crippen LogP contribution < -0.4 is 5.56 Å². The summed E-state index contributed by atoms with van der Waals surface area (Å²) in [5, 5.41) is 9.15. The summed E-state index contributed by atoms with van der Waals surface area (Å²) in [4.78, 5) is 13.8. The number of aliphatic hydroxyl groups excluding tert-OH is 1. The van der Waals surface area contributed by atoms with Gasteiger partial charge < -0.3 is 14.4 Å². The second-order valence-electron chi connectivity index (χ2n) is 4.74.